The second-order valence-corrected chi connectivity index (χ2v) is 5.34. The van der Waals surface area contributed by atoms with Gasteiger partial charge in [0.2, 0.25) is 0 Å². The number of rotatable bonds is 8. The lowest BCUT2D eigenvalue weighted by atomic mass is 10.2. The number of hydrogen-bond donors (Lipinski definition) is 1. The molecule has 5 nitrogen and oxygen atoms in total. The Labute approximate surface area is 114 Å². The number of likely N-dealkylation sites (N-methyl/N-ethyl adjacent to an activating group) is 1. The second-order valence-electron chi connectivity index (χ2n) is 5.34. The van der Waals surface area contributed by atoms with Crippen molar-refractivity contribution in [1.29, 1.82) is 0 Å². The quantitative estimate of drug-likeness (QED) is 0.315. The fourth-order valence-electron chi connectivity index (χ4n) is 1.53. The van der Waals surface area contributed by atoms with Crippen molar-refractivity contribution in [1.82, 2.24) is 0 Å². The lowest BCUT2D eigenvalue weighted by Gasteiger charge is -2.28. The minimum atomic E-state index is -0.968. The molecule has 0 saturated heterocycles. The Morgan fingerprint density at radius 3 is 2.37 bits per heavy atom. The Balaban J connectivity index is 4.42. The maximum absolute atomic E-state index is 11.6. The fraction of sp³-hybridized carbons (Fsp3) is 0.571. The van der Waals surface area contributed by atoms with E-state index in [0.29, 0.717) is 17.4 Å². The zero-order chi connectivity index (χ0) is 14.9. The molecule has 0 heterocycles. The molecular weight excluding hydrogens is 246 g/mol. The molecule has 108 valence electrons. The molecule has 0 aliphatic carbocycles. The van der Waals surface area contributed by atoms with E-state index >= 15 is 0 Å². The molecule has 0 radical (unpaired) electrons. The highest BCUT2D eigenvalue weighted by Gasteiger charge is 2.23. The van der Waals surface area contributed by atoms with E-state index < -0.39 is 18.0 Å². The van der Waals surface area contributed by atoms with Gasteiger partial charge in [-0.15, -0.1) is 0 Å². The molecule has 0 fully saturated rings. The molecular formula is C14H24NO4+. The maximum Gasteiger partial charge on any atom is 0.330 e. The van der Waals surface area contributed by atoms with Gasteiger partial charge in [-0.2, -0.15) is 0 Å². The lowest BCUT2D eigenvalue weighted by Crippen LogP contribution is -2.43. The van der Waals surface area contributed by atoms with Crippen LogP contribution in [0.3, 0.4) is 0 Å². The highest BCUT2D eigenvalue weighted by molar-refractivity contribution is 5.82. The van der Waals surface area contributed by atoms with Crippen molar-refractivity contribution in [3.05, 3.63) is 24.3 Å². The SMILES string of the molecule is C/C=C/C/C=C/C(=O)OC(CC(=O)O)C[N+](C)(C)C. The van der Waals surface area contributed by atoms with E-state index in [0.717, 1.165) is 0 Å². The molecule has 0 amide bonds. The van der Waals surface area contributed by atoms with Crippen molar-refractivity contribution in [2.24, 2.45) is 0 Å². The molecule has 0 aromatic heterocycles. The van der Waals surface area contributed by atoms with Crippen LogP contribution in [-0.4, -0.2) is 55.3 Å². The number of allylic oxidation sites excluding steroid dienone is 3. The molecule has 1 N–H and O–H groups in total. The minimum absolute atomic E-state index is 0.177. The van der Waals surface area contributed by atoms with Crippen LogP contribution in [0.1, 0.15) is 19.8 Å². The van der Waals surface area contributed by atoms with Gasteiger partial charge in [-0.05, 0) is 13.3 Å². The summed E-state index contributed by atoms with van der Waals surface area (Å²) in [7, 11) is 5.76. The van der Waals surface area contributed by atoms with Gasteiger partial charge in [-0.25, -0.2) is 4.79 Å². The third-order valence-corrected chi connectivity index (χ3v) is 2.20. The number of carboxylic acids is 1. The smallest absolute Gasteiger partial charge is 0.330 e. The van der Waals surface area contributed by atoms with Gasteiger partial charge in [0.1, 0.15) is 6.54 Å². The fourth-order valence-corrected chi connectivity index (χ4v) is 1.53. The molecule has 5 heteroatoms. The highest BCUT2D eigenvalue weighted by atomic mass is 16.5. The summed E-state index contributed by atoms with van der Waals surface area (Å²) >= 11 is 0. The summed E-state index contributed by atoms with van der Waals surface area (Å²) in [5.74, 6) is -1.46. The van der Waals surface area contributed by atoms with E-state index in [-0.39, 0.29) is 6.42 Å². The number of carbonyl (C=O) groups is 2. The number of esters is 1. The van der Waals surface area contributed by atoms with Crippen LogP contribution < -0.4 is 0 Å². The van der Waals surface area contributed by atoms with Gasteiger partial charge in [-0.3, -0.25) is 4.79 Å². The zero-order valence-electron chi connectivity index (χ0n) is 12.1. The predicted octanol–water partition coefficient (Wildman–Crippen LogP) is 1.60. The molecule has 0 saturated carbocycles. The zero-order valence-corrected chi connectivity index (χ0v) is 12.1. The van der Waals surface area contributed by atoms with Gasteiger partial charge >= 0.3 is 11.9 Å². The third kappa shape index (κ3) is 11.2. The van der Waals surface area contributed by atoms with Crippen LogP contribution in [0, 0.1) is 0 Å². The number of ether oxygens (including phenoxy) is 1. The van der Waals surface area contributed by atoms with E-state index in [9.17, 15) is 9.59 Å². The first-order valence-corrected chi connectivity index (χ1v) is 6.25. The molecule has 0 aromatic carbocycles. The molecule has 0 aromatic rings. The van der Waals surface area contributed by atoms with E-state index in [1.807, 2.05) is 40.2 Å². The van der Waals surface area contributed by atoms with Crippen LogP contribution in [0.25, 0.3) is 0 Å². The van der Waals surface area contributed by atoms with Crippen LogP contribution in [0.5, 0.6) is 0 Å². The first-order valence-electron chi connectivity index (χ1n) is 6.25. The molecule has 0 rings (SSSR count). The molecule has 0 aliphatic rings. The number of aliphatic carboxylic acids is 1. The van der Waals surface area contributed by atoms with Crippen LogP contribution in [0.15, 0.2) is 24.3 Å². The Kier molecular flexibility index (Phi) is 7.75. The van der Waals surface area contributed by atoms with E-state index in [1.54, 1.807) is 6.08 Å². The Morgan fingerprint density at radius 1 is 1.26 bits per heavy atom. The van der Waals surface area contributed by atoms with Gasteiger partial charge in [0.25, 0.3) is 0 Å². The van der Waals surface area contributed by atoms with Crippen LogP contribution in [0.4, 0.5) is 0 Å². The molecule has 0 aliphatic heterocycles. The number of hydrogen-bond acceptors (Lipinski definition) is 3. The Bertz CT molecular complexity index is 353. The van der Waals surface area contributed by atoms with Crippen molar-refractivity contribution in [3.8, 4) is 0 Å². The summed E-state index contributed by atoms with van der Waals surface area (Å²) in [5.41, 5.74) is 0. The molecule has 19 heavy (non-hydrogen) atoms. The summed E-state index contributed by atoms with van der Waals surface area (Å²) in [4.78, 5) is 22.3. The average Bonchev–Trinajstić information content (AvgIpc) is 2.20. The van der Waals surface area contributed by atoms with Crippen LogP contribution in [-0.2, 0) is 14.3 Å². The van der Waals surface area contributed by atoms with E-state index in [2.05, 4.69) is 0 Å². The third-order valence-electron chi connectivity index (χ3n) is 2.20. The van der Waals surface area contributed by atoms with E-state index in [1.165, 1.54) is 6.08 Å². The highest BCUT2D eigenvalue weighted by Crippen LogP contribution is 2.06. The largest absolute Gasteiger partial charge is 0.481 e. The topological polar surface area (TPSA) is 63.6 Å². The number of quaternary nitrogens is 1. The van der Waals surface area contributed by atoms with Crippen molar-refractivity contribution < 1.29 is 23.9 Å². The number of nitrogens with zero attached hydrogens (tertiary/aromatic N) is 1. The minimum Gasteiger partial charge on any atom is -0.481 e. The molecule has 1 atom stereocenters. The summed E-state index contributed by atoms with van der Waals surface area (Å²) < 4.78 is 5.71. The number of carboxylic acid groups (broad SMARTS) is 1. The van der Waals surface area contributed by atoms with Crippen LogP contribution >= 0.6 is 0 Å². The average molecular weight is 270 g/mol. The van der Waals surface area contributed by atoms with Gasteiger partial charge in [0.05, 0.1) is 27.6 Å². The van der Waals surface area contributed by atoms with Gasteiger partial charge in [0, 0.05) is 6.08 Å². The predicted molar refractivity (Wildman–Crippen MR) is 73.6 cm³/mol. The second kappa shape index (κ2) is 8.48. The molecule has 0 spiro atoms. The first-order chi connectivity index (χ1) is 8.74. The summed E-state index contributed by atoms with van der Waals surface area (Å²) in [5, 5.41) is 8.81. The summed E-state index contributed by atoms with van der Waals surface area (Å²) in [6.45, 7) is 2.36. The Morgan fingerprint density at radius 2 is 1.89 bits per heavy atom. The van der Waals surface area contributed by atoms with Crippen molar-refractivity contribution in [2.75, 3.05) is 27.7 Å². The standard InChI is InChI=1S/C14H23NO4/c1-5-6-7-8-9-14(18)19-12(10-13(16)17)11-15(2,3)4/h5-6,8-9,12H,7,10-11H2,1-4H3/p+1/b6-5+,9-8+. The van der Waals surface area contributed by atoms with Gasteiger partial charge in [0.15, 0.2) is 6.10 Å². The van der Waals surface area contributed by atoms with E-state index in [4.69, 9.17) is 9.84 Å². The molecule has 1 unspecified atom stereocenters. The van der Waals surface area contributed by atoms with Crippen molar-refractivity contribution in [2.45, 2.75) is 25.9 Å². The lowest BCUT2D eigenvalue weighted by molar-refractivity contribution is -0.873. The van der Waals surface area contributed by atoms with Crippen molar-refractivity contribution in [3.63, 3.8) is 0 Å². The summed E-state index contributed by atoms with van der Waals surface area (Å²) in [6, 6.07) is 0. The number of carbonyl (C=O) groups excluding carboxylic acids is 1. The normalized spacial score (nSPS) is 13.9. The van der Waals surface area contributed by atoms with Gasteiger partial charge < -0.3 is 14.3 Å². The van der Waals surface area contributed by atoms with Gasteiger partial charge in [-0.1, -0.05) is 18.2 Å². The summed E-state index contributed by atoms with van der Waals surface area (Å²) in [6.07, 6.45) is 6.69. The monoisotopic (exact) mass is 270 g/mol. The Hall–Kier alpha value is -1.62. The van der Waals surface area contributed by atoms with Crippen molar-refractivity contribution >= 4 is 11.9 Å². The molecule has 0 bridgehead atoms. The van der Waals surface area contributed by atoms with Crippen LogP contribution in [0.2, 0.25) is 0 Å². The first kappa shape index (κ1) is 17.4. The maximum atomic E-state index is 11.6.